The van der Waals surface area contributed by atoms with E-state index in [2.05, 4.69) is 10.3 Å². The van der Waals surface area contributed by atoms with E-state index in [0.29, 0.717) is 17.4 Å². The molecule has 0 atom stereocenters. The zero-order valence-electron chi connectivity index (χ0n) is 13.0. The molecule has 6 nitrogen and oxygen atoms in total. The predicted octanol–water partition coefficient (Wildman–Crippen LogP) is 3.90. The molecule has 0 aliphatic rings. The molecule has 0 spiro atoms. The number of benzene rings is 1. The molecule has 1 amide bonds. The normalized spacial score (nSPS) is 10.8. The maximum absolute atomic E-state index is 12.0. The monoisotopic (exact) mass is 351 g/mol. The first-order valence-electron chi connectivity index (χ1n) is 7.03. The van der Waals surface area contributed by atoms with Crippen molar-refractivity contribution in [2.75, 3.05) is 6.54 Å². The average molecular weight is 351 g/mol. The standard InChI is InChI=1S/C15H17N3O3S2/c1-9(2)7-16-14(19)11-4-5-13(12(6-11)18(20)21)23-15-17-10(3)8-22-15/h4-6,8-9H,7H2,1-3H3,(H,16,19). The minimum atomic E-state index is -0.470. The fourth-order valence-corrected chi connectivity index (χ4v) is 3.64. The van der Waals surface area contributed by atoms with Crippen molar-refractivity contribution in [1.82, 2.24) is 10.3 Å². The number of hydrogen-bond acceptors (Lipinski definition) is 6. The molecule has 0 bridgehead atoms. The van der Waals surface area contributed by atoms with Crippen LogP contribution in [0.2, 0.25) is 0 Å². The van der Waals surface area contributed by atoms with Gasteiger partial charge in [-0.05, 0) is 25.0 Å². The number of nitro benzene ring substituents is 1. The largest absolute Gasteiger partial charge is 0.352 e. The fraction of sp³-hybridized carbons (Fsp3) is 0.333. The molecule has 0 saturated carbocycles. The summed E-state index contributed by atoms with van der Waals surface area (Å²) < 4.78 is 0.739. The number of thiazole rings is 1. The molecule has 23 heavy (non-hydrogen) atoms. The third-order valence-electron chi connectivity index (χ3n) is 2.88. The Labute approximate surface area is 142 Å². The molecule has 122 valence electrons. The molecular weight excluding hydrogens is 334 g/mol. The number of carbonyl (C=O) groups is 1. The first kappa shape index (κ1) is 17.4. The number of nitro groups is 1. The molecule has 0 aliphatic heterocycles. The predicted molar refractivity (Wildman–Crippen MR) is 91.2 cm³/mol. The Bertz CT molecular complexity index is 729. The summed E-state index contributed by atoms with van der Waals surface area (Å²) in [5, 5.41) is 16.0. The highest BCUT2D eigenvalue weighted by molar-refractivity contribution is 8.01. The number of aromatic nitrogens is 1. The van der Waals surface area contributed by atoms with Crippen molar-refractivity contribution in [3.63, 3.8) is 0 Å². The van der Waals surface area contributed by atoms with Crippen LogP contribution in [0.25, 0.3) is 0 Å². The molecule has 8 heteroatoms. The van der Waals surface area contributed by atoms with Crippen LogP contribution in [0.3, 0.4) is 0 Å². The average Bonchev–Trinajstić information content (AvgIpc) is 2.90. The van der Waals surface area contributed by atoms with E-state index in [1.807, 2.05) is 26.2 Å². The number of carbonyl (C=O) groups excluding carboxylic acids is 1. The summed E-state index contributed by atoms with van der Waals surface area (Å²) in [6.07, 6.45) is 0. The van der Waals surface area contributed by atoms with Crippen LogP contribution in [0, 0.1) is 23.0 Å². The van der Waals surface area contributed by atoms with E-state index in [1.54, 1.807) is 12.1 Å². The third kappa shape index (κ3) is 4.77. The lowest BCUT2D eigenvalue weighted by molar-refractivity contribution is -0.387. The second kappa shape index (κ2) is 7.56. The van der Waals surface area contributed by atoms with Gasteiger partial charge in [-0.1, -0.05) is 25.6 Å². The Morgan fingerprint density at radius 2 is 2.22 bits per heavy atom. The summed E-state index contributed by atoms with van der Waals surface area (Å²) >= 11 is 2.67. The number of nitrogens with zero attached hydrogens (tertiary/aromatic N) is 2. The molecule has 0 saturated heterocycles. The van der Waals surface area contributed by atoms with Crippen molar-refractivity contribution in [3.8, 4) is 0 Å². The summed E-state index contributed by atoms with van der Waals surface area (Å²) in [6, 6.07) is 4.52. The topological polar surface area (TPSA) is 85.1 Å². The Hall–Kier alpha value is -1.93. The maximum atomic E-state index is 12.0. The summed E-state index contributed by atoms with van der Waals surface area (Å²) in [7, 11) is 0. The van der Waals surface area contributed by atoms with Gasteiger partial charge in [0.25, 0.3) is 11.6 Å². The van der Waals surface area contributed by atoms with Crippen molar-refractivity contribution in [2.45, 2.75) is 30.0 Å². The SMILES string of the molecule is Cc1csc(Sc2ccc(C(=O)NCC(C)C)cc2[N+](=O)[O-])n1. The molecule has 0 unspecified atom stereocenters. The van der Waals surface area contributed by atoms with Crippen molar-refractivity contribution in [1.29, 1.82) is 0 Å². The van der Waals surface area contributed by atoms with Crippen molar-refractivity contribution < 1.29 is 9.72 Å². The Balaban J connectivity index is 2.24. The van der Waals surface area contributed by atoms with E-state index in [4.69, 9.17) is 0 Å². The van der Waals surface area contributed by atoms with Crippen LogP contribution in [-0.2, 0) is 0 Å². The van der Waals surface area contributed by atoms with Gasteiger partial charge in [0.1, 0.15) is 0 Å². The molecule has 0 aliphatic carbocycles. The molecule has 1 aromatic heterocycles. The Kier molecular flexibility index (Phi) is 5.73. The van der Waals surface area contributed by atoms with E-state index in [0.717, 1.165) is 10.0 Å². The number of amides is 1. The number of rotatable bonds is 6. The van der Waals surface area contributed by atoms with Gasteiger partial charge < -0.3 is 5.32 Å². The van der Waals surface area contributed by atoms with Gasteiger partial charge >= 0.3 is 0 Å². The lowest BCUT2D eigenvalue weighted by Crippen LogP contribution is -2.27. The minimum absolute atomic E-state index is 0.0833. The fourth-order valence-electron chi connectivity index (χ4n) is 1.76. The zero-order chi connectivity index (χ0) is 17.0. The van der Waals surface area contributed by atoms with Crippen LogP contribution in [0.4, 0.5) is 5.69 Å². The summed E-state index contributed by atoms with van der Waals surface area (Å²) in [6.45, 7) is 6.37. The molecule has 1 aromatic carbocycles. The molecular formula is C15H17N3O3S2. The molecule has 1 N–H and O–H groups in total. The van der Waals surface area contributed by atoms with Gasteiger partial charge in [0.05, 0.1) is 9.82 Å². The van der Waals surface area contributed by atoms with Crippen LogP contribution in [0.1, 0.15) is 29.9 Å². The van der Waals surface area contributed by atoms with Crippen molar-refractivity contribution in [3.05, 3.63) is 45.0 Å². The van der Waals surface area contributed by atoms with Crippen LogP contribution in [-0.4, -0.2) is 22.4 Å². The molecule has 0 fully saturated rings. The highest BCUT2D eigenvalue weighted by Gasteiger charge is 2.19. The van der Waals surface area contributed by atoms with Crippen LogP contribution in [0.5, 0.6) is 0 Å². The van der Waals surface area contributed by atoms with E-state index >= 15 is 0 Å². The second-order valence-corrected chi connectivity index (χ2v) is 7.55. The Morgan fingerprint density at radius 1 is 1.48 bits per heavy atom. The molecule has 0 radical (unpaired) electrons. The van der Waals surface area contributed by atoms with Crippen molar-refractivity contribution in [2.24, 2.45) is 5.92 Å². The van der Waals surface area contributed by atoms with Crippen molar-refractivity contribution >= 4 is 34.7 Å². The van der Waals surface area contributed by atoms with Gasteiger partial charge in [-0.3, -0.25) is 14.9 Å². The lowest BCUT2D eigenvalue weighted by atomic mass is 10.1. The van der Waals surface area contributed by atoms with Gasteiger partial charge in [0.15, 0.2) is 4.34 Å². The van der Waals surface area contributed by atoms with Crippen LogP contribution in [0.15, 0.2) is 32.8 Å². The number of hydrogen-bond donors (Lipinski definition) is 1. The minimum Gasteiger partial charge on any atom is -0.352 e. The molecule has 2 aromatic rings. The first-order chi connectivity index (χ1) is 10.9. The van der Waals surface area contributed by atoms with E-state index in [1.165, 1.54) is 29.2 Å². The van der Waals surface area contributed by atoms with Gasteiger partial charge in [0.2, 0.25) is 0 Å². The highest BCUT2D eigenvalue weighted by Crippen LogP contribution is 2.36. The van der Waals surface area contributed by atoms with E-state index < -0.39 is 4.92 Å². The number of nitrogens with one attached hydrogen (secondary N) is 1. The molecule has 2 rings (SSSR count). The first-order valence-corrected chi connectivity index (χ1v) is 8.73. The van der Waals surface area contributed by atoms with Gasteiger partial charge in [-0.15, -0.1) is 11.3 Å². The Morgan fingerprint density at radius 3 is 2.78 bits per heavy atom. The van der Waals surface area contributed by atoms with Gasteiger partial charge in [-0.2, -0.15) is 0 Å². The summed E-state index contributed by atoms with van der Waals surface area (Å²) in [4.78, 5) is 27.6. The molecule has 1 heterocycles. The van der Waals surface area contributed by atoms with E-state index in [9.17, 15) is 14.9 Å². The van der Waals surface area contributed by atoms with E-state index in [-0.39, 0.29) is 17.2 Å². The van der Waals surface area contributed by atoms with Gasteiger partial charge in [0, 0.05) is 29.2 Å². The van der Waals surface area contributed by atoms with Crippen LogP contribution < -0.4 is 5.32 Å². The number of aryl methyl sites for hydroxylation is 1. The summed E-state index contributed by atoms with van der Waals surface area (Å²) in [5.74, 6) is 0.0142. The van der Waals surface area contributed by atoms with Crippen LogP contribution >= 0.6 is 23.1 Å². The highest BCUT2D eigenvalue weighted by atomic mass is 32.2. The smallest absolute Gasteiger partial charge is 0.284 e. The summed E-state index contributed by atoms with van der Waals surface area (Å²) in [5.41, 5.74) is 1.09. The quantitative estimate of drug-likeness (QED) is 0.630. The third-order valence-corrected chi connectivity index (χ3v) is 5.01. The van der Waals surface area contributed by atoms with Gasteiger partial charge in [-0.25, -0.2) is 4.98 Å². The second-order valence-electron chi connectivity index (χ2n) is 5.40. The zero-order valence-corrected chi connectivity index (χ0v) is 14.7. The lowest BCUT2D eigenvalue weighted by Gasteiger charge is -2.08. The maximum Gasteiger partial charge on any atom is 0.284 e.